The van der Waals surface area contributed by atoms with Gasteiger partial charge in [0.05, 0.1) is 5.71 Å². The van der Waals surface area contributed by atoms with Gasteiger partial charge in [0.2, 0.25) is 5.91 Å². The van der Waals surface area contributed by atoms with Gasteiger partial charge in [-0.3, -0.25) is 4.79 Å². The Morgan fingerprint density at radius 3 is 2.40 bits per heavy atom. The second-order valence-corrected chi connectivity index (χ2v) is 7.12. The molecule has 0 spiro atoms. The molecule has 0 aromatic heterocycles. The van der Waals surface area contributed by atoms with Gasteiger partial charge in [0.1, 0.15) is 11.5 Å². The molecular weight excluding hydrogens is 421 g/mol. The maximum absolute atomic E-state index is 12.3. The lowest BCUT2D eigenvalue weighted by molar-refractivity contribution is -0.274. The molecule has 0 N–H and O–H groups in total. The van der Waals surface area contributed by atoms with E-state index in [0.29, 0.717) is 28.6 Å². The minimum absolute atomic E-state index is 0.0620. The standard InChI is InChI=1S/C21H18ClF3N2O3/c1-13(15-3-9-19(10-4-15)29-21(23,24)25)26-30-14(2)16-11-20(28)27(12-16)18-7-5-17(22)6-8-18/h3-10,16H,2,11-12H2,1H3/b26-13+. The highest BCUT2D eigenvalue weighted by molar-refractivity contribution is 6.30. The third-order valence-corrected chi connectivity index (χ3v) is 4.78. The summed E-state index contributed by atoms with van der Waals surface area (Å²) < 4.78 is 40.5. The molecule has 1 atom stereocenters. The number of amides is 1. The number of benzene rings is 2. The Labute approximate surface area is 176 Å². The minimum Gasteiger partial charge on any atom is -0.406 e. The second kappa shape index (κ2) is 8.79. The fourth-order valence-electron chi connectivity index (χ4n) is 2.95. The summed E-state index contributed by atoms with van der Waals surface area (Å²) in [6.07, 6.45) is -4.51. The van der Waals surface area contributed by atoms with Crippen molar-refractivity contribution in [1.29, 1.82) is 0 Å². The molecule has 1 aliphatic rings. The van der Waals surface area contributed by atoms with Crippen molar-refractivity contribution in [3.63, 3.8) is 0 Å². The molecule has 1 saturated heterocycles. The summed E-state index contributed by atoms with van der Waals surface area (Å²) in [6, 6.07) is 12.2. The van der Waals surface area contributed by atoms with Gasteiger partial charge < -0.3 is 14.5 Å². The molecule has 0 saturated carbocycles. The fraction of sp³-hybridized carbons (Fsp3) is 0.238. The number of halogens is 4. The van der Waals surface area contributed by atoms with Gasteiger partial charge in [-0.05, 0) is 61.0 Å². The Balaban J connectivity index is 1.60. The summed E-state index contributed by atoms with van der Waals surface area (Å²) >= 11 is 5.88. The molecule has 1 aliphatic heterocycles. The molecule has 1 unspecified atom stereocenters. The Kier molecular flexibility index (Phi) is 6.36. The van der Waals surface area contributed by atoms with Crippen LogP contribution in [0.2, 0.25) is 5.02 Å². The van der Waals surface area contributed by atoms with E-state index in [1.807, 2.05) is 0 Å². The number of carbonyl (C=O) groups excluding carboxylic acids is 1. The zero-order valence-electron chi connectivity index (χ0n) is 15.9. The van der Waals surface area contributed by atoms with Gasteiger partial charge in [-0.1, -0.05) is 23.3 Å². The summed E-state index contributed by atoms with van der Waals surface area (Å²) in [4.78, 5) is 19.4. The number of alkyl halides is 3. The lowest BCUT2D eigenvalue weighted by Crippen LogP contribution is -2.24. The summed E-state index contributed by atoms with van der Waals surface area (Å²) in [6.45, 7) is 5.90. The molecule has 158 valence electrons. The molecule has 1 amide bonds. The molecular formula is C21H18ClF3N2O3. The first-order valence-corrected chi connectivity index (χ1v) is 9.33. The number of rotatable bonds is 6. The smallest absolute Gasteiger partial charge is 0.406 e. The number of carbonyl (C=O) groups is 1. The van der Waals surface area contributed by atoms with Crippen molar-refractivity contribution in [2.45, 2.75) is 19.7 Å². The summed E-state index contributed by atoms with van der Waals surface area (Å²) in [5, 5.41) is 4.57. The van der Waals surface area contributed by atoms with Gasteiger partial charge in [-0.2, -0.15) is 0 Å². The Morgan fingerprint density at radius 1 is 1.17 bits per heavy atom. The average molecular weight is 439 g/mol. The Bertz CT molecular complexity index is 957. The molecule has 1 fully saturated rings. The summed E-state index contributed by atoms with van der Waals surface area (Å²) in [5.74, 6) is -0.298. The lowest BCUT2D eigenvalue weighted by Gasteiger charge is -2.17. The molecule has 5 nitrogen and oxygen atoms in total. The van der Waals surface area contributed by atoms with E-state index >= 15 is 0 Å². The van der Waals surface area contributed by atoms with Crippen molar-refractivity contribution < 1.29 is 27.5 Å². The minimum atomic E-state index is -4.75. The van der Waals surface area contributed by atoms with Gasteiger partial charge in [0.15, 0.2) is 0 Å². The van der Waals surface area contributed by atoms with Crippen LogP contribution >= 0.6 is 11.6 Å². The van der Waals surface area contributed by atoms with Crippen LogP contribution in [0.5, 0.6) is 5.75 Å². The summed E-state index contributed by atoms with van der Waals surface area (Å²) in [5.41, 5.74) is 1.73. The first-order valence-electron chi connectivity index (χ1n) is 8.95. The fourth-order valence-corrected chi connectivity index (χ4v) is 3.07. The van der Waals surface area contributed by atoms with Crippen LogP contribution in [-0.4, -0.2) is 24.5 Å². The quantitative estimate of drug-likeness (QED) is 0.338. The van der Waals surface area contributed by atoms with Crippen LogP contribution < -0.4 is 9.64 Å². The lowest BCUT2D eigenvalue weighted by atomic mass is 10.1. The monoisotopic (exact) mass is 438 g/mol. The van der Waals surface area contributed by atoms with Gasteiger partial charge >= 0.3 is 6.36 Å². The maximum atomic E-state index is 12.3. The van der Waals surface area contributed by atoms with Crippen molar-refractivity contribution in [2.24, 2.45) is 11.1 Å². The van der Waals surface area contributed by atoms with E-state index in [0.717, 1.165) is 5.69 Å². The van der Waals surface area contributed by atoms with Gasteiger partial charge in [-0.25, -0.2) is 0 Å². The van der Waals surface area contributed by atoms with E-state index in [9.17, 15) is 18.0 Å². The highest BCUT2D eigenvalue weighted by Crippen LogP contribution is 2.30. The van der Waals surface area contributed by atoms with Crippen LogP contribution in [0.3, 0.4) is 0 Å². The predicted octanol–water partition coefficient (Wildman–Crippen LogP) is 5.55. The van der Waals surface area contributed by atoms with Crippen molar-refractivity contribution in [1.82, 2.24) is 0 Å². The third-order valence-electron chi connectivity index (χ3n) is 4.52. The molecule has 2 aromatic rings. The maximum Gasteiger partial charge on any atom is 0.573 e. The third kappa shape index (κ3) is 5.54. The normalized spacial score (nSPS) is 17.2. The van der Waals surface area contributed by atoms with Crippen LogP contribution in [0.1, 0.15) is 18.9 Å². The molecule has 0 bridgehead atoms. The Morgan fingerprint density at radius 2 is 1.80 bits per heavy atom. The van der Waals surface area contributed by atoms with E-state index in [4.69, 9.17) is 16.4 Å². The van der Waals surface area contributed by atoms with Crippen LogP contribution in [0.4, 0.5) is 18.9 Å². The number of oxime groups is 1. The van der Waals surface area contributed by atoms with E-state index in [2.05, 4.69) is 16.5 Å². The topological polar surface area (TPSA) is 51.1 Å². The molecule has 30 heavy (non-hydrogen) atoms. The van der Waals surface area contributed by atoms with Crippen molar-refractivity contribution >= 4 is 28.9 Å². The number of nitrogens with zero attached hydrogens (tertiary/aromatic N) is 2. The van der Waals surface area contributed by atoms with E-state index < -0.39 is 6.36 Å². The number of ether oxygens (including phenoxy) is 1. The van der Waals surface area contributed by atoms with Gasteiger partial charge in [0.25, 0.3) is 0 Å². The molecule has 2 aromatic carbocycles. The largest absolute Gasteiger partial charge is 0.573 e. The highest BCUT2D eigenvalue weighted by Gasteiger charge is 2.33. The zero-order valence-corrected chi connectivity index (χ0v) is 16.7. The molecule has 3 rings (SSSR count). The molecule has 9 heteroatoms. The van der Waals surface area contributed by atoms with Crippen LogP contribution in [0.25, 0.3) is 0 Å². The van der Waals surface area contributed by atoms with Crippen molar-refractivity contribution in [2.75, 3.05) is 11.4 Å². The van der Waals surface area contributed by atoms with E-state index in [-0.39, 0.29) is 24.0 Å². The Hall–Kier alpha value is -3.00. The van der Waals surface area contributed by atoms with Crippen LogP contribution in [0.15, 0.2) is 66.0 Å². The van der Waals surface area contributed by atoms with Crippen LogP contribution in [-0.2, 0) is 9.63 Å². The van der Waals surface area contributed by atoms with Crippen molar-refractivity contribution in [3.8, 4) is 5.75 Å². The number of hydrogen-bond acceptors (Lipinski definition) is 4. The molecule has 0 radical (unpaired) electrons. The summed E-state index contributed by atoms with van der Waals surface area (Å²) in [7, 11) is 0. The van der Waals surface area contributed by atoms with Crippen molar-refractivity contribution in [3.05, 3.63) is 71.5 Å². The first kappa shape index (κ1) is 21.7. The van der Waals surface area contributed by atoms with Gasteiger partial charge in [0, 0.05) is 29.6 Å². The van der Waals surface area contributed by atoms with E-state index in [1.165, 1.54) is 24.3 Å². The number of hydrogen-bond donors (Lipinski definition) is 0. The zero-order chi connectivity index (χ0) is 21.9. The van der Waals surface area contributed by atoms with Gasteiger partial charge in [-0.15, -0.1) is 13.2 Å². The van der Waals surface area contributed by atoms with Crippen LogP contribution in [0, 0.1) is 5.92 Å². The number of anilines is 1. The molecule has 0 aliphatic carbocycles. The average Bonchev–Trinajstić information content (AvgIpc) is 3.07. The predicted molar refractivity (Wildman–Crippen MR) is 107 cm³/mol. The first-order chi connectivity index (χ1) is 14.1. The molecule has 1 heterocycles. The second-order valence-electron chi connectivity index (χ2n) is 6.69. The highest BCUT2D eigenvalue weighted by atomic mass is 35.5. The SMILES string of the molecule is C=C(O/N=C(\C)c1ccc(OC(F)(F)F)cc1)C1CC(=O)N(c2ccc(Cl)cc2)C1. The van der Waals surface area contributed by atoms with E-state index in [1.54, 1.807) is 36.1 Å².